The predicted octanol–water partition coefficient (Wildman–Crippen LogP) is 1.78. The summed E-state index contributed by atoms with van der Waals surface area (Å²) in [6.07, 6.45) is 1.52. The third-order valence-corrected chi connectivity index (χ3v) is 2.28. The number of carbonyl (C=O) groups is 1. The van der Waals surface area contributed by atoms with Gasteiger partial charge in [0, 0.05) is 39.1 Å². The first kappa shape index (κ1) is 15.5. The van der Waals surface area contributed by atoms with Crippen LogP contribution in [0.2, 0.25) is 0 Å². The number of carboxylic acids is 1. The second kappa shape index (κ2) is 6.28. The fourth-order valence-electron chi connectivity index (χ4n) is 1.79. The van der Waals surface area contributed by atoms with Gasteiger partial charge >= 0.3 is 5.97 Å². The number of carboxylic acid groups (broad SMARTS) is 1. The molecule has 0 aromatic heterocycles. The van der Waals surface area contributed by atoms with Crippen molar-refractivity contribution >= 4 is 5.97 Å². The number of aliphatic carboxylic acids is 1. The minimum Gasteiger partial charge on any atom is -0.481 e. The minimum atomic E-state index is -0.817. The molecule has 2 unspecified atom stereocenters. The first-order chi connectivity index (χ1) is 6.43. The number of hydrogen-bond acceptors (Lipinski definition) is 3. The van der Waals surface area contributed by atoms with Gasteiger partial charge in [-0.05, 0) is 20.3 Å². The van der Waals surface area contributed by atoms with E-state index in [4.69, 9.17) is 14.6 Å². The van der Waals surface area contributed by atoms with Crippen molar-refractivity contribution < 1.29 is 52.1 Å². The SMILES string of the molecule is CCC1CC(CC(=O)O)OC(C)(C)O1.[Y]. The third-order valence-electron chi connectivity index (χ3n) is 2.28. The zero-order valence-corrected chi connectivity index (χ0v) is 12.4. The Labute approximate surface area is 116 Å². The molecule has 0 aromatic carbocycles. The molecule has 1 rings (SSSR count). The van der Waals surface area contributed by atoms with E-state index in [1.807, 2.05) is 20.8 Å². The molecule has 1 radical (unpaired) electrons. The molecule has 0 aromatic rings. The van der Waals surface area contributed by atoms with Crippen LogP contribution in [-0.4, -0.2) is 29.1 Å². The van der Waals surface area contributed by atoms with E-state index in [0.717, 1.165) is 6.42 Å². The van der Waals surface area contributed by atoms with Gasteiger partial charge in [-0.3, -0.25) is 4.79 Å². The van der Waals surface area contributed by atoms with Crippen LogP contribution in [0.15, 0.2) is 0 Å². The van der Waals surface area contributed by atoms with E-state index in [1.165, 1.54) is 0 Å². The molecule has 1 aliphatic heterocycles. The van der Waals surface area contributed by atoms with E-state index in [0.29, 0.717) is 6.42 Å². The molecule has 1 heterocycles. The summed E-state index contributed by atoms with van der Waals surface area (Å²) < 4.78 is 11.1. The van der Waals surface area contributed by atoms with Gasteiger partial charge in [-0.15, -0.1) is 0 Å². The van der Waals surface area contributed by atoms with E-state index >= 15 is 0 Å². The van der Waals surface area contributed by atoms with E-state index in [1.54, 1.807) is 0 Å². The molecule has 15 heavy (non-hydrogen) atoms. The first-order valence-electron chi connectivity index (χ1n) is 5.00. The summed E-state index contributed by atoms with van der Waals surface area (Å²) in [4.78, 5) is 10.6. The molecular formula is C10H18O4Y. The van der Waals surface area contributed by atoms with Crippen molar-refractivity contribution in [2.75, 3.05) is 0 Å². The summed E-state index contributed by atoms with van der Waals surface area (Å²) in [7, 11) is 0. The molecule has 4 nitrogen and oxygen atoms in total. The standard InChI is InChI=1S/C10H18O4.Y/c1-4-7-5-8(6-9(11)12)14-10(2,3)13-7;/h7-8H,4-6H2,1-3H3,(H,11,12);. The molecule has 0 aliphatic carbocycles. The van der Waals surface area contributed by atoms with E-state index in [2.05, 4.69) is 0 Å². The zero-order valence-electron chi connectivity index (χ0n) is 9.53. The van der Waals surface area contributed by atoms with Gasteiger partial charge < -0.3 is 14.6 Å². The molecule has 85 valence electrons. The molecule has 0 spiro atoms. The Morgan fingerprint density at radius 3 is 2.40 bits per heavy atom. The van der Waals surface area contributed by atoms with E-state index in [9.17, 15) is 4.79 Å². The van der Waals surface area contributed by atoms with Gasteiger partial charge in [0.1, 0.15) is 0 Å². The monoisotopic (exact) mass is 291 g/mol. The second-order valence-electron chi connectivity index (χ2n) is 4.12. The molecule has 5 heteroatoms. The molecule has 0 saturated carbocycles. The quantitative estimate of drug-likeness (QED) is 0.861. The molecule has 1 N–H and O–H groups in total. The summed E-state index contributed by atoms with van der Waals surface area (Å²) >= 11 is 0. The maximum atomic E-state index is 10.6. The fourth-order valence-corrected chi connectivity index (χ4v) is 1.79. The third kappa shape index (κ3) is 5.39. The molecule has 0 bridgehead atoms. The normalized spacial score (nSPS) is 29.3. The number of ether oxygens (including phenoxy) is 2. The minimum absolute atomic E-state index is 0. The Morgan fingerprint density at radius 1 is 1.40 bits per heavy atom. The van der Waals surface area contributed by atoms with Crippen LogP contribution in [0.25, 0.3) is 0 Å². The van der Waals surface area contributed by atoms with Gasteiger partial charge in [0.2, 0.25) is 0 Å². The molecule has 1 saturated heterocycles. The maximum Gasteiger partial charge on any atom is 0.305 e. The summed E-state index contributed by atoms with van der Waals surface area (Å²) in [6.45, 7) is 5.68. The van der Waals surface area contributed by atoms with Crippen LogP contribution >= 0.6 is 0 Å². The van der Waals surface area contributed by atoms with Crippen LogP contribution < -0.4 is 0 Å². The predicted molar refractivity (Wildman–Crippen MR) is 51.0 cm³/mol. The average Bonchev–Trinajstić information content (AvgIpc) is 1.99. The van der Waals surface area contributed by atoms with Gasteiger partial charge in [-0.2, -0.15) is 0 Å². The van der Waals surface area contributed by atoms with Crippen molar-refractivity contribution in [1.82, 2.24) is 0 Å². The Morgan fingerprint density at radius 2 is 1.93 bits per heavy atom. The zero-order chi connectivity index (χ0) is 10.8. The molecule has 1 fully saturated rings. The fraction of sp³-hybridized carbons (Fsp3) is 0.900. The Balaban J connectivity index is 0.00000196. The summed E-state index contributed by atoms with van der Waals surface area (Å²) in [5, 5.41) is 8.67. The Kier molecular flexibility index (Phi) is 6.49. The van der Waals surface area contributed by atoms with Gasteiger partial charge in [-0.1, -0.05) is 6.92 Å². The summed E-state index contributed by atoms with van der Waals surface area (Å²) in [5.74, 6) is -1.47. The van der Waals surface area contributed by atoms with Crippen LogP contribution in [0.4, 0.5) is 0 Å². The van der Waals surface area contributed by atoms with Crippen molar-refractivity contribution in [1.29, 1.82) is 0 Å². The van der Waals surface area contributed by atoms with E-state index in [-0.39, 0.29) is 51.3 Å². The largest absolute Gasteiger partial charge is 0.481 e. The average molecular weight is 291 g/mol. The van der Waals surface area contributed by atoms with Gasteiger partial charge in [0.05, 0.1) is 18.6 Å². The maximum absolute atomic E-state index is 10.6. The number of rotatable bonds is 3. The van der Waals surface area contributed by atoms with Crippen molar-refractivity contribution in [3.8, 4) is 0 Å². The van der Waals surface area contributed by atoms with Crippen LogP contribution in [0.1, 0.15) is 40.0 Å². The molecule has 0 amide bonds. The molecule has 1 aliphatic rings. The summed E-state index contributed by atoms with van der Waals surface area (Å²) in [6, 6.07) is 0. The van der Waals surface area contributed by atoms with Crippen molar-refractivity contribution in [2.24, 2.45) is 0 Å². The molecule has 2 atom stereocenters. The van der Waals surface area contributed by atoms with Gasteiger partial charge in [-0.25, -0.2) is 0 Å². The van der Waals surface area contributed by atoms with Crippen LogP contribution in [-0.2, 0) is 47.0 Å². The van der Waals surface area contributed by atoms with Crippen molar-refractivity contribution in [3.05, 3.63) is 0 Å². The van der Waals surface area contributed by atoms with Crippen LogP contribution in [0.3, 0.4) is 0 Å². The Bertz CT molecular complexity index is 217. The first-order valence-corrected chi connectivity index (χ1v) is 5.00. The second-order valence-corrected chi connectivity index (χ2v) is 4.12. The van der Waals surface area contributed by atoms with Gasteiger partial charge in [0.25, 0.3) is 0 Å². The van der Waals surface area contributed by atoms with Crippen molar-refractivity contribution in [3.63, 3.8) is 0 Å². The van der Waals surface area contributed by atoms with Crippen LogP contribution in [0, 0.1) is 0 Å². The summed E-state index contributed by atoms with van der Waals surface area (Å²) in [5.41, 5.74) is 0. The van der Waals surface area contributed by atoms with Crippen molar-refractivity contribution in [2.45, 2.75) is 58.0 Å². The smallest absolute Gasteiger partial charge is 0.305 e. The van der Waals surface area contributed by atoms with E-state index < -0.39 is 11.8 Å². The van der Waals surface area contributed by atoms with Gasteiger partial charge in [0.15, 0.2) is 5.79 Å². The van der Waals surface area contributed by atoms with Crippen LogP contribution in [0.5, 0.6) is 0 Å². The molecular weight excluding hydrogens is 273 g/mol. The Hall–Kier alpha value is 0.494. The number of hydrogen-bond donors (Lipinski definition) is 1. The topological polar surface area (TPSA) is 55.8 Å².